The van der Waals surface area contributed by atoms with E-state index in [2.05, 4.69) is 15.2 Å². The molecule has 1 heterocycles. The number of hydrogen-bond acceptors (Lipinski definition) is 3. The van der Waals surface area contributed by atoms with Crippen LogP contribution in [0.1, 0.15) is 38.5 Å². The Labute approximate surface area is 119 Å². The first-order valence-corrected chi connectivity index (χ1v) is 7.59. The monoisotopic (exact) mass is 288 g/mol. The van der Waals surface area contributed by atoms with Crippen LogP contribution in [0, 0.1) is 0 Å². The van der Waals surface area contributed by atoms with Crippen molar-refractivity contribution in [2.75, 3.05) is 26.7 Å². The van der Waals surface area contributed by atoms with E-state index in [1.165, 1.54) is 0 Å². The van der Waals surface area contributed by atoms with Crippen molar-refractivity contribution in [3.05, 3.63) is 0 Å². The number of aliphatic imine (C=N–C) groups is 1. The van der Waals surface area contributed by atoms with E-state index in [1.54, 1.807) is 0 Å². The Bertz CT molecular complexity index is 328. The molecule has 0 bridgehead atoms. The van der Waals surface area contributed by atoms with Crippen LogP contribution in [0.25, 0.3) is 0 Å². The molecule has 2 fully saturated rings. The molecule has 0 amide bonds. The van der Waals surface area contributed by atoms with Gasteiger partial charge in [-0.25, -0.2) is 8.78 Å². The Kier molecular flexibility index (Phi) is 5.32. The summed E-state index contributed by atoms with van der Waals surface area (Å²) >= 11 is 0. The maximum atomic E-state index is 13.2. The number of nitrogens with zero attached hydrogens (tertiary/aromatic N) is 2. The molecular formula is C14H26F2N4. The van der Waals surface area contributed by atoms with Gasteiger partial charge in [-0.3, -0.25) is 9.89 Å². The van der Waals surface area contributed by atoms with Gasteiger partial charge in [0.1, 0.15) is 5.84 Å². The molecule has 1 aliphatic heterocycles. The van der Waals surface area contributed by atoms with Gasteiger partial charge in [0.25, 0.3) is 5.92 Å². The number of amidine groups is 1. The minimum atomic E-state index is -2.44. The molecule has 4 nitrogen and oxygen atoms in total. The third-order valence-electron chi connectivity index (χ3n) is 4.42. The van der Waals surface area contributed by atoms with Gasteiger partial charge in [-0.2, -0.15) is 0 Å². The Morgan fingerprint density at radius 3 is 2.40 bits per heavy atom. The van der Waals surface area contributed by atoms with Crippen LogP contribution in [0.2, 0.25) is 0 Å². The lowest BCUT2D eigenvalue weighted by molar-refractivity contribution is -0.0659. The quantitative estimate of drug-likeness (QED) is 0.610. The van der Waals surface area contributed by atoms with Crippen LogP contribution in [0.3, 0.4) is 0 Å². The molecule has 2 aliphatic rings. The Hall–Kier alpha value is -0.750. The largest absolute Gasteiger partial charge is 0.386 e. The molecule has 0 radical (unpaired) electrons. The third kappa shape index (κ3) is 4.38. The van der Waals surface area contributed by atoms with Gasteiger partial charge in [-0.15, -0.1) is 0 Å². The number of halogens is 2. The van der Waals surface area contributed by atoms with E-state index in [9.17, 15) is 8.78 Å². The summed E-state index contributed by atoms with van der Waals surface area (Å²) in [7, 11) is 1.85. The number of alkyl halides is 2. The highest BCUT2D eigenvalue weighted by molar-refractivity contribution is 5.82. The second-order valence-electron chi connectivity index (χ2n) is 6.01. The van der Waals surface area contributed by atoms with Gasteiger partial charge in [0.2, 0.25) is 0 Å². The van der Waals surface area contributed by atoms with Crippen LogP contribution in [0.4, 0.5) is 8.78 Å². The molecule has 3 N–H and O–H groups in total. The Balaban J connectivity index is 1.76. The van der Waals surface area contributed by atoms with Crippen molar-refractivity contribution in [3.63, 3.8) is 0 Å². The predicted molar refractivity (Wildman–Crippen MR) is 77.3 cm³/mol. The molecule has 1 saturated carbocycles. The zero-order valence-electron chi connectivity index (χ0n) is 12.2. The van der Waals surface area contributed by atoms with Gasteiger partial charge in [0, 0.05) is 32.0 Å². The highest BCUT2D eigenvalue weighted by atomic mass is 19.3. The van der Waals surface area contributed by atoms with E-state index in [1.807, 2.05) is 7.05 Å². The highest BCUT2D eigenvalue weighted by Crippen LogP contribution is 2.32. The summed E-state index contributed by atoms with van der Waals surface area (Å²) in [6.45, 7) is 1.70. The van der Waals surface area contributed by atoms with Crippen molar-refractivity contribution in [2.45, 2.75) is 56.5 Å². The van der Waals surface area contributed by atoms with Crippen molar-refractivity contribution < 1.29 is 8.78 Å². The van der Waals surface area contributed by atoms with Gasteiger partial charge in [-0.1, -0.05) is 0 Å². The fourth-order valence-electron chi connectivity index (χ4n) is 3.23. The van der Waals surface area contributed by atoms with Gasteiger partial charge in [0.05, 0.1) is 12.6 Å². The Morgan fingerprint density at radius 2 is 1.85 bits per heavy atom. The minimum absolute atomic E-state index is 0.0141. The summed E-state index contributed by atoms with van der Waals surface area (Å²) in [5.74, 6) is -1.78. The zero-order valence-corrected chi connectivity index (χ0v) is 12.2. The summed E-state index contributed by atoms with van der Waals surface area (Å²) in [4.78, 5) is 6.77. The van der Waals surface area contributed by atoms with Crippen LogP contribution in [-0.2, 0) is 0 Å². The standard InChI is InChI=1S/C14H26F2N4/c1-18-10-13(17)19-11-2-4-12(5-3-11)20-8-6-14(15,16)7-9-20/h11-12,18H,2-10H2,1H3,(H2,17,19). The maximum absolute atomic E-state index is 13.2. The van der Waals surface area contributed by atoms with Crippen molar-refractivity contribution in [2.24, 2.45) is 10.7 Å². The fourth-order valence-corrected chi connectivity index (χ4v) is 3.23. The van der Waals surface area contributed by atoms with Crippen molar-refractivity contribution >= 4 is 5.84 Å². The molecule has 0 atom stereocenters. The first kappa shape index (κ1) is 15.6. The number of likely N-dealkylation sites (N-methyl/N-ethyl adjacent to an activating group) is 1. The molecule has 6 heteroatoms. The van der Waals surface area contributed by atoms with E-state index >= 15 is 0 Å². The lowest BCUT2D eigenvalue weighted by Gasteiger charge is -2.40. The number of rotatable bonds is 4. The number of piperidine rings is 1. The van der Waals surface area contributed by atoms with Crippen molar-refractivity contribution in [3.8, 4) is 0 Å². The van der Waals surface area contributed by atoms with Crippen molar-refractivity contribution in [1.82, 2.24) is 10.2 Å². The predicted octanol–water partition coefficient (Wildman–Crippen LogP) is 1.61. The zero-order chi connectivity index (χ0) is 14.6. The van der Waals surface area contributed by atoms with E-state index < -0.39 is 5.92 Å². The summed E-state index contributed by atoms with van der Waals surface area (Å²) < 4.78 is 26.3. The Morgan fingerprint density at radius 1 is 1.25 bits per heavy atom. The smallest absolute Gasteiger partial charge is 0.250 e. The van der Waals surface area contributed by atoms with Gasteiger partial charge < -0.3 is 11.1 Å². The van der Waals surface area contributed by atoms with E-state index in [-0.39, 0.29) is 12.8 Å². The number of likely N-dealkylation sites (tertiary alicyclic amines) is 1. The lowest BCUT2D eigenvalue weighted by Crippen LogP contribution is -2.46. The van der Waals surface area contributed by atoms with Crippen LogP contribution >= 0.6 is 0 Å². The summed E-state index contributed by atoms with van der Waals surface area (Å²) in [5, 5.41) is 2.99. The first-order chi connectivity index (χ1) is 9.50. The molecule has 0 aromatic carbocycles. The normalized spacial score (nSPS) is 32.2. The summed E-state index contributed by atoms with van der Waals surface area (Å²) in [6, 6.07) is 0.772. The van der Waals surface area contributed by atoms with Crippen molar-refractivity contribution in [1.29, 1.82) is 0 Å². The maximum Gasteiger partial charge on any atom is 0.250 e. The van der Waals surface area contributed by atoms with Crippen LogP contribution in [0.15, 0.2) is 4.99 Å². The van der Waals surface area contributed by atoms with E-state index in [0.29, 0.717) is 37.6 Å². The van der Waals surface area contributed by atoms with Gasteiger partial charge >= 0.3 is 0 Å². The molecule has 116 valence electrons. The molecule has 0 aromatic heterocycles. The molecule has 0 aromatic rings. The van der Waals surface area contributed by atoms with Gasteiger partial charge in [-0.05, 0) is 32.7 Å². The average molecular weight is 288 g/mol. The van der Waals surface area contributed by atoms with E-state index in [4.69, 9.17) is 5.73 Å². The molecule has 0 unspecified atom stereocenters. The van der Waals surface area contributed by atoms with Crippen LogP contribution in [-0.4, -0.2) is 55.4 Å². The van der Waals surface area contributed by atoms with Crippen LogP contribution < -0.4 is 11.1 Å². The lowest BCUT2D eigenvalue weighted by atomic mass is 9.89. The van der Waals surface area contributed by atoms with Gasteiger partial charge in [0.15, 0.2) is 0 Å². The SMILES string of the molecule is CNCC(N)=NC1CCC(N2CCC(F)(F)CC2)CC1. The highest BCUT2D eigenvalue weighted by Gasteiger charge is 2.37. The third-order valence-corrected chi connectivity index (χ3v) is 4.42. The second kappa shape index (κ2) is 6.80. The first-order valence-electron chi connectivity index (χ1n) is 7.59. The molecule has 20 heavy (non-hydrogen) atoms. The minimum Gasteiger partial charge on any atom is -0.386 e. The topological polar surface area (TPSA) is 53.6 Å². The molecular weight excluding hydrogens is 262 g/mol. The number of hydrogen-bond donors (Lipinski definition) is 2. The van der Waals surface area contributed by atoms with E-state index in [0.717, 1.165) is 25.7 Å². The number of nitrogens with one attached hydrogen (secondary N) is 1. The summed E-state index contributed by atoms with van der Waals surface area (Å²) in [5.41, 5.74) is 5.82. The molecule has 2 rings (SSSR count). The summed E-state index contributed by atoms with van der Waals surface area (Å²) in [6.07, 6.45) is 4.16. The van der Waals surface area contributed by atoms with Crippen LogP contribution in [0.5, 0.6) is 0 Å². The second-order valence-corrected chi connectivity index (χ2v) is 6.01. The molecule has 1 saturated heterocycles. The number of nitrogens with two attached hydrogens (primary N) is 1. The average Bonchev–Trinajstić information content (AvgIpc) is 2.40. The molecule has 1 aliphatic carbocycles. The fraction of sp³-hybridized carbons (Fsp3) is 0.929. The molecule has 0 spiro atoms.